The van der Waals surface area contributed by atoms with E-state index in [1.807, 2.05) is 23.6 Å². The summed E-state index contributed by atoms with van der Waals surface area (Å²) in [6.07, 6.45) is 7.26. The summed E-state index contributed by atoms with van der Waals surface area (Å²) in [4.78, 5) is 42.3. The molecule has 4 heterocycles. The summed E-state index contributed by atoms with van der Waals surface area (Å²) < 4.78 is 4.33. The lowest BCUT2D eigenvalue weighted by atomic mass is 10.1. The molecule has 0 aromatic carbocycles. The second-order valence-electron chi connectivity index (χ2n) is 8.55. The van der Waals surface area contributed by atoms with Crippen LogP contribution in [0.15, 0.2) is 51.1 Å². The van der Waals surface area contributed by atoms with Gasteiger partial charge in [-0.1, -0.05) is 18.2 Å². The Morgan fingerprint density at radius 2 is 2.17 bits per heavy atom. The molecule has 11 nitrogen and oxygen atoms in total. The lowest BCUT2D eigenvalue weighted by Crippen LogP contribution is -2.44. The van der Waals surface area contributed by atoms with Crippen LogP contribution in [0.3, 0.4) is 0 Å². The van der Waals surface area contributed by atoms with Crippen molar-refractivity contribution in [1.82, 2.24) is 23.7 Å². The van der Waals surface area contributed by atoms with Crippen LogP contribution in [0.1, 0.15) is 26.2 Å². The summed E-state index contributed by atoms with van der Waals surface area (Å²) >= 11 is 0. The van der Waals surface area contributed by atoms with Gasteiger partial charge in [0.05, 0.1) is 24.7 Å². The predicted molar refractivity (Wildman–Crippen MR) is 135 cm³/mol. The number of anilines is 1. The highest BCUT2D eigenvalue weighted by atomic mass is 16.2. The zero-order valence-corrected chi connectivity index (χ0v) is 20.0. The van der Waals surface area contributed by atoms with E-state index in [1.54, 1.807) is 31.4 Å². The van der Waals surface area contributed by atoms with Crippen molar-refractivity contribution in [1.29, 1.82) is 5.26 Å². The Labute approximate surface area is 202 Å². The summed E-state index contributed by atoms with van der Waals surface area (Å²) in [5.74, 6) is 1.03. The third-order valence-corrected chi connectivity index (χ3v) is 6.02. The highest BCUT2D eigenvalue weighted by molar-refractivity contribution is 5.88. The number of hydrogen-bond donors (Lipinski definition) is 1. The second kappa shape index (κ2) is 10.5. The van der Waals surface area contributed by atoms with E-state index in [0.29, 0.717) is 41.7 Å². The van der Waals surface area contributed by atoms with Crippen molar-refractivity contribution in [3.05, 3.63) is 57.4 Å². The highest BCUT2D eigenvalue weighted by Gasteiger charge is 2.26. The molecule has 35 heavy (non-hydrogen) atoms. The minimum absolute atomic E-state index is 0.0237. The Morgan fingerprint density at radius 1 is 1.34 bits per heavy atom. The molecule has 2 N–H and O–H groups in total. The summed E-state index contributed by atoms with van der Waals surface area (Å²) in [7, 11) is 1.60. The predicted octanol–water partition coefficient (Wildman–Crippen LogP) is 1.48. The van der Waals surface area contributed by atoms with Gasteiger partial charge in [0.15, 0.2) is 17.0 Å². The molecular weight excluding hydrogens is 446 g/mol. The number of aliphatic imine (C=N–C) groups is 1. The van der Waals surface area contributed by atoms with Crippen LogP contribution in [0.2, 0.25) is 0 Å². The molecule has 0 aliphatic carbocycles. The molecule has 1 aliphatic heterocycles. The molecule has 0 amide bonds. The van der Waals surface area contributed by atoms with Gasteiger partial charge in [-0.15, -0.1) is 0 Å². The van der Waals surface area contributed by atoms with Crippen LogP contribution in [0.25, 0.3) is 11.2 Å². The van der Waals surface area contributed by atoms with E-state index in [2.05, 4.69) is 20.9 Å². The number of fused-ring (bicyclic) bond motifs is 1. The van der Waals surface area contributed by atoms with E-state index in [0.717, 1.165) is 24.0 Å². The Bertz CT molecular complexity index is 1420. The smallest absolute Gasteiger partial charge is 0.332 e. The zero-order valence-electron chi connectivity index (χ0n) is 20.0. The first kappa shape index (κ1) is 24.1. The molecule has 3 aromatic heterocycles. The van der Waals surface area contributed by atoms with Gasteiger partial charge < -0.3 is 15.2 Å². The minimum atomic E-state index is -0.522. The van der Waals surface area contributed by atoms with Crippen molar-refractivity contribution in [2.45, 2.75) is 45.3 Å². The van der Waals surface area contributed by atoms with Crippen LogP contribution in [0.5, 0.6) is 0 Å². The molecule has 1 unspecified atom stereocenters. The number of allylic oxidation sites excluding steroid dienone is 2. The van der Waals surface area contributed by atoms with Crippen LogP contribution in [0.4, 0.5) is 11.8 Å². The van der Waals surface area contributed by atoms with Crippen molar-refractivity contribution in [2.75, 3.05) is 18.0 Å². The normalized spacial score (nSPS) is 16.8. The number of hydrogen-bond acceptors (Lipinski definition) is 8. The maximum atomic E-state index is 13.7. The molecule has 4 rings (SSSR count). The van der Waals surface area contributed by atoms with Gasteiger partial charge in [0, 0.05) is 38.9 Å². The first-order valence-corrected chi connectivity index (χ1v) is 11.6. The van der Waals surface area contributed by atoms with E-state index in [1.165, 1.54) is 4.57 Å². The van der Waals surface area contributed by atoms with Crippen LogP contribution in [-0.4, -0.2) is 48.5 Å². The van der Waals surface area contributed by atoms with Crippen molar-refractivity contribution >= 4 is 28.6 Å². The number of nitrogens with two attached hydrogens (primary N) is 1. The van der Waals surface area contributed by atoms with Gasteiger partial charge in [-0.05, 0) is 31.9 Å². The molecule has 1 atom stereocenters. The number of aromatic nitrogens is 5. The second-order valence-corrected chi connectivity index (χ2v) is 8.55. The van der Waals surface area contributed by atoms with Gasteiger partial charge in [0.2, 0.25) is 5.95 Å². The first-order chi connectivity index (χ1) is 16.9. The van der Waals surface area contributed by atoms with Crippen molar-refractivity contribution in [2.24, 2.45) is 17.8 Å². The van der Waals surface area contributed by atoms with Crippen LogP contribution in [-0.2, 0) is 20.1 Å². The molecule has 0 spiro atoms. The summed E-state index contributed by atoms with van der Waals surface area (Å²) in [6, 6.07) is 7.32. The topological polar surface area (TPSA) is 140 Å². The molecular formula is C24H29N9O2. The van der Waals surface area contributed by atoms with Gasteiger partial charge in [-0.2, -0.15) is 10.2 Å². The van der Waals surface area contributed by atoms with E-state index in [9.17, 15) is 14.9 Å². The quantitative estimate of drug-likeness (QED) is 0.403. The summed E-state index contributed by atoms with van der Waals surface area (Å²) in [6.45, 7) is 3.62. The Hall–Kier alpha value is -4.04. The van der Waals surface area contributed by atoms with Gasteiger partial charge in [0.25, 0.3) is 5.56 Å². The van der Waals surface area contributed by atoms with Crippen molar-refractivity contribution in [3.8, 4) is 6.07 Å². The van der Waals surface area contributed by atoms with Crippen molar-refractivity contribution < 1.29 is 0 Å². The van der Waals surface area contributed by atoms with E-state index in [-0.39, 0.29) is 19.0 Å². The van der Waals surface area contributed by atoms with Gasteiger partial charge in [0.1, 0.15) is 0 Å². The van der Waals surface area contributed by atoms with Gasteiger partial charge >= 0.3 is 5.69 Å². The number of piperidine rings is 1. The molecule has 1 fully saturated rings. The number of nitrogens with zero attached hydrogens (tertiary/aromatic N) is 8. The highest BCUT2D eigenvalue weighted by Crippen LogP contribution is 2.23. The number of rotatable bonds is 7. The molecule has 11 heteroatoms. The molecule has 0 bridgehead atoms. The summed E-state index contributed by atoms with van der Waals surface area (Å²) in [5.41, 5.74) is 6.22. The number of nitriles is 1. The molecule has 1 aliphatic rings. The van der Waals surface area contributed by atoms with Crippen LogP contribution in [0, 0.1) is 11.3 Å². The molecule has 1 saturated heterocycles. The monoisotopic (exact) mass is 475 g/mol. The Balaban J connectivity index is 1.88. The van der Waals surface area contributed by atoms with Crippen LogP contribution >= 0.6 is 0 Å². The lowest BCUT2D eigenvalue weighted by molar-refractivity contribution is 0.495. The standard InChI is InChI=1S/C24H29N9O2/c1-3-4-14-32-20-21(29-23(32)31-13-7-8-17(26)15-31)30(2)24(35)33(22(20)34)16-18(10-11-25)28-19-9-5-6-12-27-19/h3-6,9,12,17H,7-8,10,13-16,26H2,1-2H3. The molecule has 3 aromatic rings. The van der Waals surface area contributed by atoms with Gasteiger partial charge in [-0.25, -0.2) is 14.8 Å². The van der Waals surface area contributed by atoms with Crippen LogP contribution < -0.4 is 21.9 Å². The maximum absolute atomic E-state index is 13.7. The Morgan fingerprint density at radius 3 is 2.86 bits per heavy atom. The van der Waals surface area contributed by atoms with E-state index < -0.39 is 11.2 Å². The average Bonchev–Trinajstić information content (AvgIpc) is 3.24. The van der Waals surface area contributed by atoms with Gasteiger partial charge in [-0.3, -0.25) is 13.9 Å². The van der Waals surface area contributed by atoms with Crippen molar-refractivity contribution in [3.63, 3.8) is 0 Å². The zero-order chi connectivity index (χ0) is 24.9. The summed E-state index contributed by atoms with van der Waals surface area (Å²) in [5, 5.41) is 9.31. The number of pyridine rings is 1. The molecule has 0 saturated carbocycles. The fraction of sp³-hybridized carbons (Fsp3) is 0.417. The Kier molecular flexibility index (Phi) is 7.22. The number of aryl methyl sites for hydroxylation is 1. The maximum Gasteiger partial charge on any atom is 0.332 e. The largest absolute Gasteiger partial charge is 0.341 e. The third kappa shape index (κ3) is 4.93. The third-order valence-electron chi connectivity index (χ3n) is 6.02. The first-order valence-electron chi connectivity index (χ1n) is 11.6. The molecule has 0 radical (unpaired) electrons. The number of imidazole rings is 1. The SMILES string of the molecule is CC=CCn1c(N2CCCC(N)C2)nc2c1c(=O)n(CC(CC#N)=Nc1ccccn1)c(=O)n2C. The lowest BCUT2D eigenvalue weighted by Gasteiger charge is -2.31. The fourth-order valence-electron chi connectivity index (χ4n) is 4.30. The average molecular weight is 476 g/mol. The minimum Gasteiger partial charge on any atom is -0.341 e. The molecule has 182 valence electrons. The van der Waals surface area contributed by atoms with E-state index >= 15 is 0 Å². The van der Waals surface area contributed by atoms with E-state index in [4.69, 9.17) is 10.7 Å². The fourth-order valence-corrected chi connectivity index (χ4v) is 4.30.